The van der Waals surface area contributed by atoms with Crippen LogP contribution in [0.4, 0.5) is 0 Å². The average molecular weight is 357 g/mol. The highest BCUT2D eigenvalue weighted by molar-refractivity contribution is 5.66. The largest absolute Gasteiger partial charge is 0.481 e. The lowest BCUT2D eigenvalue weighted by molar-refractivity contribution is -0.137. The van der Waals surface area contributed by atoms with Crippen LogP contribution in [0.1, 0.15) is 57.4 Å². The first-order chi connectivity index (χ1) is 12.6. The zero-order valence-electron chi connectivity index (χ0n) is 15.8. The van der Waals surface area contributed by atoms with Crippen LogP contribution in [0.25, 0.3) is 6.08 Å². The van der Waals surface area contributed by atoms with Gasteiger partial charge >= 0.3 is 5.97 Å². The fourth-order valence-electron chi connectivity index (χ4n) is 4.11. The van der Waals surface area contributed by atoms with Crippen LogP contribution < -0.4 is 10.6 Å². The summed E-state index contributed by atoms with van der Waals surface area (Å²) in [5.74, 6) is -0.00243. The van der Waals surface area contributed by atoms with Crippen LogP contribution in [0.5, 0.6) is 0 Å². The minimum absolute atomic E-state index is 0.267. The number of rotatable bonds is 9. The van der Waals surface area contributed by atoms with Crippen molar-refractivity contribution < 1.29 is 9.90 Å². The van der Waals surface area contributed by atoms with Crippen molar-refractivity contribution in [1.29, 1.82) is 0 Å². The summed E-state index contributed by atoms with van der Waals surface area (Å²) >= 11 is 0. The number of hydrogen-bond acceptors (Lipinski definition) is 3. The fourth-order valence-corrected chi connectivity index (χ4v) is 4.11. The molecule has 3 rings (SSSR count). The Morgan fingerprint density at radius 2 is 1.85 bits per heavy atom. The summed E-state index contributed by atoms with van der Waals surface area (Å²) in [6.07, 6.45) is 9.42. The molecule has 0 bridgehead atoms. The van der Waals surface area contributed by atoms with E-state index in [0.717, 1.165) is 13.0 Å². The third-order valence-corrected chi connectivity index (χ3v) is 5.75. The predicted molar refractivity (Wildman–Crippen MR) is 106 cm³/mol. The van der Waals surface area contributed by atoms with E-state index in [-0.39, 0.29) is 6.42 Å². The smallest absolute Gasteiger partial charge is 0.303 e. The van der Waals surface area contributed by atoms with Gasteiger partial charge in [0.1, 0.15) is 0 Å². The SMILES string of the molecule is C/C(=C\c1ccccc1)[C@@H]1C[C@H]1N[C@H]1CC[C@@H](NCCCC(=O)O)CC1. The first-order valence-corrected chi connectivity index (χ1v) is 10.1. The third-order valence-electron chi connectivity index (χ3n) is 5.75. The number of hydrogen-bond donors (Lipinski definition) is 3. The van der Waals surface area contributed by atoms with Gasteiger partial charge in [0.05, 0.1) is 0 Å². The fraction of sp³-hybridized carbons (Fsp3) is 0.591. The van der Waals surface area contributed by atoms with Gasteiger partial charge < -0.3 is 15.7 Å². The topological polar surface area (TPSA) is 61.4 Å². The van der Waals surface area contributed by atoms with E-state index in [0.29, 0.717) is 24.0 Å². The number of nitrogens with one attached hydrogen (secondary N) is 2. The second-order valence-electron chi connectivity index (χ2n) is 7.91. The average Bonchev–Trinajstić information content (AvgIpc) is 3.40. The summed E-state index contributed by atoms with van der Waals surface area (Å²) in [4.78, 5) is 10.5. The van der Waals surface area contributed by atoms with Gasteiger partial charge in [0, 0.05) is 24.5 Å². The number of carbonyl (C=O) groups is 1. The normalized spacial score (nSPS) is 28.7. The highest BCUT2D eigenvalue weighted by Gasteiger charge is 2.39. The zero-order chi connectivity index (χ0) is 18.4. The number of carboxylic acids is 1. The molecular formula is C22H32N2O2. The van der Waals surface area contributed by atoms with Crippen molar-refractivity contribution in [2.75, 3.05) is 6.54 Å². The van der Waals surface area contributed by atoms with Crippen molar-refractivity contribution in [3.8, 4) is 0 Å². The van der Waals surface area contributed by atoms with Crippen molar-refractivity contribution >= 4 is 12.0 Å². The van der Waals surface area contributed by atoms with Crippen LogP contribution in [0.3, 0.4) is 0 Å². The van der Waals surface area contributed by atoms with Gasteiger partial charge in [-0.15, -0.1) is 0 Å². The summed E-state index contributed by atoms with van der Waals surface area (Å²) in [6.45, 7) is 3.08. The van der Waals surface area contributed by atoms with Gasteiger partial charge in [0.2, 0.25) is 0 Å². The van der Waals surface area contributed by atoms with E-state index < -0.39 is 5.97 Å². The quantitative estimate of drug-likeness (QED) is 0.589. The lowest BCUT2D eigenvalue weighted by Gasteiger charge is -2.30. The molecule has 0 heterocycles. The molecule has 1 aromatic carbocycles. The molecule has 2 atom stereocenters. The zero-order valence-corrected chi connectivity index (χ0v) is 15.8. The van der Waals surface area contributed by atoms with Gasteiger partial charge in [-0.3, -0.25) is 4.79 Å². The molecule has 2 saturated carbocycles. The van der Waals surface area contributed by atoms with Crippen molar-refractivity contribution in [2.24, 2.45) is 5.92 Å². The van der Waals surface area contributed by atoms with E-state index in [9.17, 15) is 4.79 Å². The molecule has 0 amide bonds. The Labute approximate surface area is 157 Å². The van der Waals surface area contributed by atoms with Gasteiger partial charge in [-0.1, -0.05) is 42.0 Å². The molecule has 142 valence electrons. The Morgan fingerprint density at radius 1 is 1.15 bits per heavy atom. The first kappa shape index (κ1) is 19.1. The molecule has 2 fully saturated rings. The minimum Gasteiger partial charge on any atom is -0.481 e. The van der Waals surface area contributed by atoms with Crippen LogP contribution in [0, 0.1) is 5.92 Å². The van der Waals surface area contributed by atoms with E-state index >= 15 is 0 Å². The van der Waals surface area contributed by atoms with Crippen LogP contribution >= 0.6 is 0 Å². The summed E-state index contributed by atoms with van der Waals surface area (Å²) in [7, 11) is 0. The van der Waals surface area contributed by atoms with Crippen LogP contribution in [-0.2, 0) is 4.79 Å². The van der Waals surface area contributed by atoms with Crippen molar-refractivity contribution in [1.82, 2.24) is 10.6 Å². The summed E-state index contributed by atoms with van der Waals surface area (Å²) in [5.41, 5.74) is 2.78. The van der Waals surface area contributed by atoms with Crippen LogP contribution in [0.15, 0.2) is 35.9 Å². The second kappa shape index (κ2) is 9.33. The number of benzene rings is 1. The van der Waals surface area contributed by atoms with Gasteiger partial charge in [0.25, 0.3) is 0 Å². The molecule has 0 aliphatic heterocycles. The highest BCUT2D eigenvalue weighted by atomic mass is 16.4. The first-order valence-electron chi connectivity index (χ1n) is 10.1. The highest BCUT2D eigenvalue weighted by Crippen LogP contribution is 2.39. The van der Waals surface area contributed by atoms with E-state index in [1.165, 1.54) is 43.2 Å². The minimum atomic E-state index is -0.699. The second-order valence-corrected chi connectivity index (χ2v) is 7.91. The summed E-state index contributed by atoms with van der Waals surface area (Å²) in [6, 6.07) is 12.4. The van der Waals surface area contributed by atoms with Crippen LogP contribution in [-0.4, -0.2) is 35.7 Å². The molecule has 1 aromatic rings. The van der Waals surface area contributed by atoms with E-state index in [1.807, 2.05) is 0 Å². The molecule has 26 heavy (non-hydrogen) atoms. The monoisotopic (exact) mass is 356 g/mol. The standard InChI is InChI=1S/C22H32N2O2/c1-16(14-17-6-3-2-4-7-17)20-15-21(20)24-19-11-9-18(10-12-19)23-13-5-8-22(25)26/h2-4,6-7,14,18-21,23-24H,5,8-13,15H2,1H3,(H,25,26)/b16-14+/t18-,19+,20-,21+/m0/s1. The Bertz CT molecular complexity index is 606. The molecule has 0 saturated heterocycles. The molecule has 0 spiro atoms. The lowest BCUT2D eigenvalue weighted by Crippen LogP contribution is -2.41. The van der Waals surface area contributed by atoms with E-state index in [4.69, 9.17) is 5.11 Å². The summed E-state index contributed by atoms with van der Waals surface area (Å²) < 4.78 is 0. The maximum Gasteiger partial charge on any atom is 0.303 e. The Morgan fingerprint density at radius 3 is 2.54 bits per heavy atom. The molecule has 4 heteroatoms. The number of aliphatic carboxylic acids is 1. The van der Waals surface area contributed by atoms with Gasteiger partial charge in [-0.2, -0.15) is 0 Å². The van der Waals surface area contributed by atoms with Gasteiger partial charge in [-0.05, 0) is 63.5 Å². The molecule has 4 nitrogen and oxygen atoms in total. The Balaban J connectivity index is 1.33. The van der Waals surface area contributed by atoms with Crippen molar-refractivity contribution in [2.45, 2.75) is 70.0 Å². The van der Waals surface area contributed by atoms with Gasteiger partial charge in [0.15, 0.2) is 0 Å². The molecule has 0 unspecified atom stereocenters. The van der Waals surface area contributed by atoms with E-state index in [2.05, 4.69) is 54.0 Å². The molecule has 2 aliphatic carbocycles. The molecular weight excluding hydrogens is 324 g/mol. The summed E-state index contributed by atoms with van der Waals surface area (Å²) in [5, 5.41) is 16.1. The Hall–Kier alpha value is -1.65. The molecule has 2 aliphatic rings. The van der Waals surface area contributed by atoms with Crippen molar-refractivity contribution in [3.05, 3.63) is 41.5 Å². The Kier molecular flexibility index (Phi) is 6.86. The molecule has 0 aromatic heterocycles. The molecule has 3 N–H and O–H groups in total. The van der Waals surface area contributed by atoms with Crippen LogP contribution in [0.2, 0.25) is 0 Å². The maximum absolute atomic E-state index is 10.5. The van der Waals surface area contributed by atoms with Gasteiger partial charge in [-0.25, -0.2) is 0 Å². The molecule has 0 radical (unpaired) electrons. The lowest BCUT2D eigenvalue weighted by atomic mass is 9.91. The third kappa shape index (κ3) is 5.96. The van der Waals surface area contributed by atoms with Crippen molar-refractivity contribution in [3.63, 3.8) is 0 Å². The maximum atomic E-state index is 10.5. The number of carboxylic acid groups (broad SMARTS) is 1. The van der Waals surface area contributed by atoms with E-state index in [1.54, 1.807) is 0 Å². The predicted octanol–water partition coefficient (Wildman–Crippen LogP) is 3.83.